The maximum Gasteiger partial charge on any atom is 0.265 e. The van der Waals surface area contributed by atoms with E-state index in [0.717, 1.165) is 0 Å². The second-order valence-electron chi connectivity index (χ2n) is 5.54. The van der Waals surface area contributed by atoms with Crippen LogP contribution in [0.2, 0.25) is 0 Å². The topological polar surface area (TPSA) is 84.9 Å². The molecule has 2 aromatic rings. The highest BCUT2D eigenvalue weighted by Gasteiger charge is 2.29. The number of carbonyl (C=O) groups excluding carboxylic acids is 1. The van der Waals surface area contributed by atoms with Crippen molar-refractivity contribution in [3.05, 3.63) is 40.6 Å². The molecule has 0 bridgehead atoms. The molecule has 1 fully saturated rings. The van der Waals surface area contributed by atoms with E-state index in [9.17, 15) is 13.2 Å². The van der Waals surface area contributed by atoms with Crippen LogP contribution >= 0.6 is 11.3 Å². The van der Waals surface area contributed by atoms with Gasteiger partial charge in [-0.25, -0.2) is 8.42 Å². The number of nitrogens with one attached hydrogen (secondary N) is 1. The third-order valence-electron chi connectivity index (χ3n) is 3.83. The van der Waals surface area contributed by atoms with Gasteiger partial charge in [0.1, 0.15) is 10.6 Å². The molecule has 26 heavy (non-hydrogen) atoms. The van der Waals surface area contributed by atoms with E-state index in [2.05, 4.69) is 5.32 Å². The van der Waals surface area contributed by atoms with E-state index in [1.165, 1.54) is 21.7 Å². The van der Waals surface area contributed by atoms with Crippen molar-refractivity contribution in [2.45, 2.75) is 11.8 Å². The Hall–Kier alpha value is -1.94. The predicted octanol–water partition coefficient (Wildman–Crippen LogP) is 2.42. The van der Waals surface area contributed by atoms with Gasteiger partial charge >= 0.3 is 0 Å². The van der Waals surface area contributed by atoms with Crippen molar-refractivity contribution in [3.8, 4) is 5.75 Å². The van der Waals surface area contributed by atoms with Gasteiger partial charge < -0.3 is 14.8 Å². The van der Waals surface area contributed by atoms with Crippen LogP contribution in [0.25, 0.3) is 0 Å². The number of anilines is 1. The molecule has 1 saturated heterocycles. The van der Waals surface area contributed by atoms with Crippen molar-refractivity contribution in [2.75, 3.05) is 38.2 Å². The molecule has 1 aromatic carbocycles. The van der Waals surface area contributed by atoms with Crippen molar-refractivity contribution < 1.29 is 22.7 Å². The molecule has 1 aliphatic heterocycles. The Bertz CT molecular complexity index is 859. The van der Waals surface area contributed by atoms with Crippen molar-refractivity contribution in [1.82, 2.24) is 4.31 Å². The van der Waals surface area contributed by atoms with Gasteiger partial charge in [-0.3, -0.25) is 4.79 Å². The van der Waals surface area contributed by atoms with Crippen LogP contribution < -0.4 is 10.1 Å². The smallest absolute Gasteiger partial charge is 0.265 e. The van der Waals surface area contributed by atoms with E-state index in [-0.39, 0.29) is 16.6 Å². The Balaban J connectivity index is 1.92. The largest absolute Gasteiger partial charge is 0.492 e. The van der Waals surface area contributed by atoms with Gasteiger partial charge in [0.05, 0.1) is 24.7 Å². The number of benzene rings is 1. The number of rotatable bonds is 6. The summed E-state index contributed by atoms with van der Waals surface area (Å²) < 4.78 is 38.2. The minimum Gasteiger partial charge on any atom is -0.492 e. The number of thiophene rings is 1. The Morgan fingerprint density at radius 2 is 2.08 bits per heavy atom. The number of hydrogen-bond donors (Lipinski definition) is 1. The zero-order chi connectivity index (χ0) is 18.6. The molecule has 1 amide bonds. The fourth-order valence-corrected chi connectivity index (χ4v) is 4.77. The van der Waals surface area contributed by atoms with Crippen LogP contribution in [0.4, 0.5) is 5.69 Å². The zero-order valence-electron chi connectivity index (χ0n) is 14.3. The predicted molar refractivity (Wildman–Crippen MR) is 99.5 cm³/mol. The van der Waals surface area contributed by atoms with Gasteiger partial charge in [0, 0.05) is 18.8 Å². The molecule has 3 rings (SSSR count). The summed E-state index contributed by atoms with van der Waals surface area (Å²) in [5.74, 6) is -0.00741. The average Bonchev–Trinajstić information content (AvgIpc) is 3.19. The van der Waals surface area contributed by atoms with Gasteiger partial charge in [-0.1, -0.05) is 6.07 Å². The second-order valence-corrected chi connectivity index (χ2v) is 8.40. The first-order chi connectivity index (χ1) is 12.5. The van der Waals surface area contributed by atoms with Gasteiger partial charge in [-0.05, 0) is 36.6 Å². The summed E-state index contributed by atoms with van der Waals surface area (Å²) in [5.41, 5.74) is 0.402. The summed E-state index contributed by atoms with van der Waals surface area (Å²) >= 11 is 1.32. The van der Waals surface area contributed by atoms with Gasteiger partial charge in [-0.2, -0.15) is 4.31 Å². The van der Waals surface area contributed by atoms with Gasteiger partial charge in [0.15, 0.2) is 0 Å². The molecule has 0 aliphatic carbocycles. The van der Waals surface area contributed by atoms with E-state index >= 15 is 0 Å². The number of nitrogens with zero attached hydrogens (tertiary/aromatic N) is 1. The molecule has 1 aromatic heterocycles. The SMILES string of the molecule is CCOc1ccc(NC(=O)c2cccs2)cc1S(=O)(=O)N1CCOCC1. The molecule has 0 radical (unpaired) electrons. The molecule has 2 heterocycles. The van der Waals surface area contributed by atoms with E-state index in [1.807, 2.05) is 0 Å². The van der Waals surface area contributed by atoms with Crippen LogP contribution in [-0.2, 0) is 14.8 Å². The van der Waals surface area contributed by atoms with Crippen LogP contribution in [-0.4, -0.2) is 51.5 Å². The van der Waals surface area contributed by atoms with Crippen LogP contribution in [0, 0.1) is 0 Å². The van der Waals surface area contributed by atoms with Crippen molar-refractivity contribution in [2.24, 2.45) is 0 Å². The lowest BCUT2D eigenvalue weighted by atomic mass is 10.3. The first-order valence-electron chi connectivity index (χ1n) is 8.22. The van der Waals surface area contributed by atoms with Gasteiger partial charge in [-0.15, -0.1) is 11.3 Å². The van der Waals surface area contributed by atoms with Crippen LogP contribution in [0.15, 0.2) is 40.6 Å². The van der Waals surface area contributed by atoms with Crippen molar-refractivity contribution in [3.63, 3.8) is 0 Å². The third-order valence-corrected chi connectivity index (χ3v) is 6.62. The summed E-state index contributed by atoms with van der Waals surface area (Å²) in [7, 11) is -3.75. The van der Waals surface area contributed by atoms with Crippen molar-refractivity contribution in [1.29, 1.82) is 0 Å². The molecule has 9 heteroatoms. The first-order valence-corrected chi connectivity index (χ1v) is 10.5. The molecule has 0 unspecified atom stereocenters. The van der Waals surface area contributed by atoms with Crippen LogP contribution in [0.5, 0.6) is 5.75 Å². The van der Waals surface area contributed by atoms with Crippen LogP contribution in [0.1, 0.15) is 16.6 Å². The van der Waals surface area contributed by atoms with Crippen LogP contribution in [0.3, 0.4) is 0 Å². The Labute approximate surface area is 156 Å². The van der Waals surface area contributed by atoms with E-state index < -0.39 is 10.0 Å². The molecule has 1 aliphatic rings. The van der Waals surface area contributed by atoms with E-state index in [1.54, 1.807) is 36.6 Å². The highest BCUT2D eigenvalue weighted by atomic mass is 32.2. The first kappa shape index (κ1) is 18.8. The summed E-state index contributed by atoms with van der Waals surface area (Å²) in [5, 5.41) is 4.54. The molecule has 0 saturated carbocycles. The average molecular weight is 396 g/mol. The molecular formula is C17H20N2O5S2. The maximum absolute atomic E-state index is 13.0. The van der Waals surface area contributed by atoms with Gasteiger partial charge in [0.2, 0.25) is 10.0 Å². The summed E-state index contributed by atoms with van der Waals surface area (Å²) in [6.07, 6.45) is 0. The summed E-state index contributed by atoms with van der Waals surface area (Å²) in [6, 6.07) is 8.14. The molecule has 0 spiro atoms. The maximum atomic E-state index is 13.0. The van der Waals surface area contributed by atoms with E-state index in [0.29, 0.717) is 43.5 Å². The monoisotopic (exact) mass is 396 g/mol. The van der Waals surface area contributed by atoms with Crippen molar-refractivity contribution >= 4 is 33.0 Å². The highest BCUT2D eigenvalue weighted by molar-refractivity contribution is 7.89. The molecular weight excluding hydrogens is 376 g/mol. The molecule has 0 atom stereocenters. The Morgan fingerprint density at radius 3 is 2.73 bits per heavy atom. The lowest BCUT2D eigenvalue weighted by Gasteiger charge is -2.27. The normalized spacial score (nSPS) is 15.6. The summed E-state index contributed by atoms with van der Waals surface area (Å²) in [6.45, 7) is 3.43. The third kappa shape index (κ3) is 4.07. The Kier molecular flexibility index (Phi) is 5.92. The van der Waals surface area contributed by atoms with Gasteiger partial charge in [0.25, 0.3) is 5.91 Å². The highest BCUT2D eigenvalue weighted by Crippen LogP contribution is 2.30. The Morgan fingerprint density at radius 1 is 1.31 bits per heavy atom. The molecule has 1 N–H and O–H groups in total. The minimum absolute atomic E-state index is 0.0465. The summed E-state index contributed by atoms with van der Waals surface area (Å²) in [4.78, 5) is 12.8. The lowest BCUT2D eigenvalue weighted by molar-refractivity contribution is 0.0729. The number of ether oxygens (including phenoxy) is 2. The number of hydrogen-bond acceptors (Lipinski definition) is 6. The van der Waals surface area contributed by atoms with E-state index in [4.69, 9.17) is 9.47 Å². The number of carbonyl (C=O) groups is 1. The number of amides is 1. The molecule has 7 nitrogen and oxygen atoms in total. The number of sulfonamides is 1. The fraction of sp³-hybridized carbons (Fsp3) is 0.353. The second kappa shape index (κ2) is 8.17. The fourth-order valence-electron chi connectivity index (χ4n) is 2.59. The minimum atomic E-state index is -3.75. The molecule has 140 valence electrons. The number of morpholine rings is 1. The standard InChI is InChI=1S/C17H20N2O5S2/c1-2-24-14-6-5-13(18-17(20)15-4-3-11-25-15)12-16(14)26(21,22)19-7-9-23-10-8-19/h3-6,11-12H,2,7-10H2,1H3,(H,18,20). The lowest BCUT2D eigenvalue weighted by Crippen LogP contribution is -2.40. The zero-order valence-corrected chi connectivity index (χ0v) is 15.9. The quantitative estimate of drug-likeness (QED) is 0.811.